The second kappa shape index (κ2) is 7.11. The first-order valence-electron chi connectivity index (χ1n) is 9.32. The molecule has 148 valence electrons. The predicted molar refractivity (Wildman–Crippen MR) is 114 cm³/mol. The third kappa shape index (κ3) is 3.20. The van der Waals surface area contributed by atoms with E-state index in [-0.39, 0.29) is 11.5 Å². The van der Waals surface area contributed by atoms with E-state index in [2.05, 4.69) is 38.4 Å². The minimum absolute atomic E-state index is 0.201. The van der Waals surface area contributed by atoms with E-state index < -0.39 is 6.04 Å². The highest BCUT2D eigenvalue weighted by Gasteiger charge is 2.25. The van der Waals surface area contributed by atoms with Crippen LogP contribution in [0.3, 0.4) is 0 Å². The van der Waals surface area contributed by atoms with Crippen LogP contribution in [-0.2, 0) is 17.6 Å². The molecule has 2 atom stereocenters. The molecule has 3 aromatic rings. The van der Waals surface area contributed by atoms with Gasteiger partial charge >= 0.3 is 0 Å². The predicted octanol–water partition coefficient (Wildman–Crippen LogP) is 3.49. The summed E-state index contributed by atoms with van der Waals surface area (Å²) < 4.78 is 3.69. The molecule has 4 rings (SSSR count). The molecule has 1 aliphatic rings. The Balaban J connectivity index is 1.70. The van der Waals surface area contributed by atoms with Crippen molar-refractivity contribution in [3.8, 4) is 0 Å². The van der Waals surface area contributed by atoms with Gasteiger partial charge in [-0.1, -0.05) is 6.92 Å². The van der Waals surface area contributed by atoms with Crippen molar-refractivity contribution in [1.29, 1.82) is 0 Å². The largest absolute Gasteiger partial charge is 0.281 e. The van der Waals surface area contributed by atoms with Gasteiger partial charge in [0, 0.05) is 11.1 Å². The zero-order valence-corrected chi connectivity index (χ0v) is 18.6. The lowest BCUT2D eigenvalue weighted by molar-refractivity contribution is -0.120. The molecule has 3 heterocycles. The van der Waals surface area contributed by atoms with Gasteiger partial charge in [0.1, 0.15) is 16.7 Å². The first-order chi connectivity index (χ1) is 13.3. The minimum Gasteiger partial charge on any atom is -0.271 e. The van der Waals surface area contributed by atoms with E-state index in [1.807, 2.05) is 6.92 Å². The highest BCUT2D eigenvalue weighted by Crippen LogP contribution is 2.35. The average molecular weight is 464 g/mol. The van der Waals surface area contributed by atoms with Crippen molar-refractivity contribution in [2.75, 3.05) is 5.43 Å². The second-order valence-electron chi connectivity index (χ2n) is 7.53. The van der Waals surface area contributed by atoms with E-state index in [9.17, 15) is 9.59 Å². The SMILES string of the molecule is Cc1nn([C@@H](C)C(=O)Nn2c(C)nc3sc4c(c3c2=O)CC[C@H](C)C4)cc1Br. The Kier molecular flexibility index (Phi) is 4.91. The Morgan fingerprint density at radius 3 is 2.86 bits per heavy atom. The molecule has 0 radical (unpaired) electrons. The lowest BCUT2D eigenvalue weighted by Crippen LogP contribution is -2.38. The van der Waals surface area contributed by atoms with Gasteiger partial charge in [-0.15, -0.1) is 11.3 Å². The number of nitrogens with one attached hydrogen (secondary N) is 1. The van der Waals surface area contributed by atoms with Crippen LogP contribution in [-0.4, -0.2) is 25.3 Å². The zero-order valence-electron chi connectivity index (χ0n) is 16.2. The van der Waals surface area contributed by atoms with E-state index in [1.165, 1.54) is 9.55 Å². The van der Waals surface area contributed by atoms with E-state index in [0.29, 0.717) is 17.1 Å². The van der Waals surface area contributed by atoms with Crippen LogP contribution in [0.25, 0.3) is 10.2 Å². The van der Waals surface area contributed by atoms with Gasteiger partial charge in [-0.05, 0) is 67.4 Å². The second-order valence-corrected chi connectivity index (χ2v) is 9.46. The Morgan fingerprint density at radius 2 is 2.18 bits per heavy atom. The molecule has 9 heteroatoms. The fourth-order valence-corrected chi connectivity index (χ4v) is 5.31. The third-order valence-corrected chi connectivity index (χ3v) is 7.28. The van der Waals surface area contributed by atoms with Crippen molar-refractivity contribution < 1.29 is 4.79 Å². The fourth-order valence-electron chi connectivity index (χ4n) is 3.60. The molecule has 0 saturated carbocycles. The number of hydrogen-bond donors (Lipinski definition) is 1. The van der Waals surface area contributed by atoms with E-state index >= 15 is 0 Å². The van der Waals surface area contributed by atoms with Crippen LogP contribution in [0.4, 0.5) is 0 Å². The first kappa shape index (κ1) is 19.3. The number of carbonyl (C=O) groups excluding carboxylic acids is 1. The van der Waals surface area contributed by atoms with E-state index in [1.54, 1.807) is 36.1 Å². The molecular weight excluding hydrogens is 442 g/mol. The minimum atomic E-state index is -0.566. The molecule has 0 unspecified atom stereocenters. The number of fused-ring (bicyclic) bond motifs is 3. The van der Waals surface area contributed by atoms with Crippen molar-refractivity contribution >= 4 is 43.4 Å². The number of halogens is 1. The van der Waals surface area contributed by atoms with Gasteiger partial charge in [0.2, 0.25) is 0 Å². The van der Waals surface area contributed by atoms with Crippen LogP contribution in [0, 0.1) is 19.8 Å². The number of aromatic nitrogens is 4. The summed E-state index contributed by atoms with van der Waals surface area (Å²) in [6, 6.07) is -0.566. The number of aryl methyl sites for hydroxylation is 3. The highest BCUT2D eigenvalue weighted by atomic mass is 79.9. The van der Waals surface area contributed by atoms with Gasteiger partial charge in [0.25, 0.3) is 11.5 Å². The number of hydrogen-bond acceptors (Lipinski definition) is 5. The Bertz CT molecular complexity index is 1130. The topological polar surface area (TPSA) is 81.8 Å². The highest BCUT2D eigenvalue weighted by molar-refractivity contribution is 9.10. The van der Waals surface area contributed by atoms with Crippen LogP contribution in [0.1, 0.15) is 48.3 Å². The zero-order chi connectivity index (χ0) is 20.2. The Labute approximate surface area is 174 Å². The van der Waals surface area contributed by atoms with Crippen LogP contribution in [0.15, 0.2) is 15.5 Å². The summed E-state index contributed by atoms with van der Waals surface area (Å²) in [4.78, 5) is 32.6. The first-order valence-corrected chi connectivity index (χ1v) is 10.9. The molecule has 0 fully saturated rings. The van der Waals surface area contributed by atoms with Gasteiger partial charge in [-0.2, -0.15) is 5.10 Å². The van der Waals surface area contributed by atoms with Crippen molar-refractivity contribution in [2.45, 2.75) is 53.0 Å². The number of carbonyl (C=O) groups is 1. The monoisotopic (exact) mass is 463 g/mol. The van der Waals surface area contributed by atoms with Crippen LogP contribution >= 0.6 is 27.3 Å². The molecule has 0 aliphatic heterocycles. The molecule has 7 nitrogen and oxygen atoms in total. The summed E-state index contributed by atoms with van der Waals surface area (Å²) in [7, 11) is 0. The molecule has 1 N–H and O–H groups in total. The number of nitrogens with zero attached hydrogens (tertiary/aromatic N) is 4. The third-order valence-electron chi connectivity index (χ3n) is 5.35. The summed E-state index contributed by atoms with van der Waals surface area (Å²) in [6.45, 7) is 7.58. The maximum atomic E-state index is 13.2. The van der Waals surface area contributed by atoms with Crippen molar-refractivity contribution in [1.82, 2.24) is 19.4 Å². The lowest BCUT2D eigenvalue weighted by Gasteiger charge is -2.18. The van der Waals surface area contributed by atoms with Crippen molar-refractivity contribution in [3.63, 3.8) is 0 Å². The molecular formula is C19H22BrN5O2S. The smallest absolute Gasteiger partial charge is 0.271 e. The Morgan fingerprint density at radius 1 is 1.43 bits per heavy atom. The summed E-state index contributed by atoms with van der Waals surface area (Å²) >= 11 is 5.02. The summed E-state index contributed by atoms with van der Waals surface area (Å²) in [5.74, 6) is 0.780. The van der Waals surface area contributed by atoms with Gasteiger partial charge in [-0.3, -0.25) is 19.7 Å². The maximum Gasteiger partial charge on any atom is 0.281 e. The summed E-state index contributed by atoms with van der Waals surface area (Å²) in [6.07, 6.45) is 4.71. The maximum absolute atomic E-state index is 13.2. The lowest BCUT2D eigenvalue weighted by atomic mass is 9.89. The Hall–Kier alpha value is -2.00. The van der Waals surface area contributed by atoms with Crippen molar-refractivity contribution in [3.05, 3.63) is 43.0 Å². The van der Waals surface area contributed by atoms with Crippen molar-refractivity contribution in [2.24, 2.45) is 5.92 Å². The fraction of sp³-hybridized carbons (Fsp3) is 0.474. The molecule has 28 heavy (non-hydrogen) atoms. The van der Waals surface area contributed by atoms with Gasteiger partial charge < -0.3 is 0 Å². The standard InChI is InChI=1S/C19H22BrN5O2S/c1-9-5-6-13-15(7-9)28-18-16(13)19(27)25(12(4)21-18)23-17(26)11(3)24-8-14(20)10(2)22-24/h8-9,11H,5-7H2,1-4H3,(H,23,26)/t9-,11-/m0/s1. The van der Waals surface area contributed by atoms with Crippen LogP contribution in [0.2, 0.25) is 0 Å². The van der Waals surface area contributed by atoms with Crippen LogP contribution in [0.5, 0.6) is 0 Å². The normalized spacial score (nSPS) is 17.5. The number of thiophene rings is 1. The average Bonchev–Trinajstić information content (AvgIpc) is 3.16. The molecule has 0 aromatic carbocycles. The molecule has 0 spiro atoms. The number of amides is 1. The van der Waals surface area contributed by atoms with E-state index in [4.69, 9.17) is 0 Å². The van der Waals surface area contributed by atoms with Gasteiger partial charge in [-0.25, -0.2) is 9.66 Å². The molecule has 3 aromatic heterocycles. The molecule has 0 bridgehead atoms. The van der Waals surface area contributed by atoms with Gasteiger partial charge in [0.15, 0.2) is 0 Å². The molecule has 1 amide bonds. The van der Waals surface area contributed by atoms with E-state index in [0.717, 1.165) is 39.8 Å². The van der Waals surface area contributed by atoms with Gasteiger partial charge in [0.05, 0.1) is 15.6 Å². The summed E-state index contributed by atoms with van der Waals surface area (Å²) in [5.41, 5.74) is 4.44. The summed E-state index contributed by atoms with van der Waals surface area (Å²) in [5, 5.41) is 4.99. The molecule has 0 saturated heterocycles. The number of rotatable bonds is 3. The van der Waals surface area contributed by atoms with Crippen LogP contribution < -0.4 is 11.0 Å². The molecule has 1 aliphatic carbocycles. The quantitative estimate of drug-likeness (QED) is 0.644.